The fourth-order valence-corrected chi connectivity index (χ4v) is 6.14. The van der Waals surface area contributed by atoms with E-state index >= 15 is 0 Å². The average Bonchev–Trinajstić information content (AvgIpc) is 3.14. The Kier molecular flexibility index (Phi) is 37.7. The van der Waals surface area contributed by atoms with E-state index in [2.05, 4.69) is 68.5 Å². The number of ether oxygens (including phenoxy) is 2. The van der Waals surface area contributed by atoms with Gasteiger partial charge in [-0.25, -0.2) is 4.57 Å². The van der Waals surface area contributed by atoms with E-state index in [4.69, 9.17) is 24.3 Å². The molecule has 306 valence electrons. The van der Waals surface area contributed by atoms with Gasteiger partial charge in [-0.05, 0) is 51.4 Å². The van der Waals surface area contributed by atoms with Gasteiger partial charge in [-0.3, -0.25) is 18.6 Å². The number of hydrogen-bond donors (Lipinski definition) is 2. The van der Waals surface area contributed by atoms with Crippen molar-refractivity contribution in [2.24, 2.45) is 5.73 Å². The van der Waals surface area contributed by atoms with E-state index in [1.54, 1.807) is 0 Å². The highest BCUT2D eigenvalue weighted by Gasteiger charge is 2.25. The van der Waals surface area contributed by atoms with E-state index in [-0.39, 0.29) is 32.6 Å². The monoisotopic (exact) mass is 766 g/mol. The molecule has 0 heterocycles. The molecule has 0 rings (SSSR count). The van der Waals surface area contributed by atoms with Gasteiger partial charge in [-0.15, -0.1) is 0 Å². The van der Waals surface area contributed by atoms with Crippen molar-refractivity contribution < 1.29 is 37.6 Å². The molecule has 0 aromatic rings. The van der Waals surface area contributed by atoms with Gasteiger partial charge in [0.05, 0.1) is 13.2 Å². The summed E-state index contributed by atoms with van der Waals surface area (Å²) in [5.41, 5.74) is 5.34. The van der Waals surface area contributed by atoms with Crippen LogP contribution in [-0.2, 0) is 32.7 Å². The molecular formula is C43H76NO8P. The molecule has 2 unspecified atom stereocenters. The highest BCUT2D eigenvalue weighted by Crippen LogP contribution is 2.43. The first-order valence-corrected chi connectivity index (χ1v) is 22.3. The van der Waals surface area contributed by atoms with Gasteiger partial charge in [0.25, 0.3) is 0 Å². The van der Waals surface area contributed by atoms with Crippen molar-refractivity contribution in [3.05, 3.63) is 60.8 Å². The maximum absolute atomic E-state index is 12.5. The molecule has 0 bridgehead atoms. The van der Waals surface area contributed by atoms with Gasteiger partial charge in [0.1, 0.15) is 6.61 Å². The van der Waals surface area contributed by atoms with Gasteiger partial charge >= 0.3 is 19.8 Å². The third-order valence-corrected chi connectivity index (χ3v) is 9.40. The molecule has 0 fully saturated rings. The number of carbonyl (C=O) groups excluding carboxylic acids is 2. The molecule has 0 radical (unpaired) electrons. The highest BCUT2D eigenvalue weighted by molar-refractivity contribution is 7.47. The molecule has 0 spiro atoms. The largest absolute Gasteiger partial charge is 0.472 e. The van der Waals surface area contributed by atoms with E-state index < -0.39 is 32.5 Å². The van der Waals surface area contributed by atoms with Crippen LogP contribution in [0.15, 0.2) is 60.8 Å². The van der Waals surface area contributed by atoms with Crippen molar-refractivity contribution in [1.82, 2.24) is 0 Å². The van der Waals surface area contributed by atoms with Crippen molar-refractivity contribution in [2.75, 3.05) is 26.4 Å². The zero-order chi connectivity index (χ0) is 38.9. The number of allylic oxidation sites excluding steroid dienone is 10. The normalized spacial score (nSPS) is 14.0. The van der Waals surface area contributed by atoms with Gasteiger partial charge in [0, 0.05) is 19.4 Å². The second-order valence-corrected chi connectivity index (χ2v) is 14.9. The van der Waals surface area contributed by atoms with Crippen LogP contribution in [0.4, 0.5) is 0 Å². The van der Waals surface area contributed by atoms with Crippen molar-refractivity contribution >= 4 is 19.8 Å². The first-order chi connectivity index (χ1) is 25.8. The van der Waals surface area contributed by atoms with E-state index in [1.807, 2.05) is 6.08 Å². The summed E-state index contributed by atoms with van der Waals surface area (Å²) in [6, 6.07) is 0. The van der Waals surface area contributed by atoms with Crippen LogP contribution in [0.2, 0.25) is 0 Å². The molecule has 0 saturated carbocycles. The minimum Gasteiger partial charge on any atom is -0.462 e. The molecule has 2 atom stereocenters. The zero-order valence-corrected chi connectivity index (χ0v) is 34.4. The average molecular weight is 766 g/mol. The number of phosphoric ester groups is 1. The van der Waals surface area contributed by atoms with E-state index in [9.17, 15) is 19.0 Å². The van der Waals surface area contributed by atoms with Crippen LogP contribution in [0, 0.1) is 0 Å². The Morgan fingerprint density at radius 1 is 0.585 bits per heavy atom. The molecule has 0 aliphatic heterocycles. The third-order valence-electron chi connectivity index (χ3n) is 8.42. The molecule has 0 aliphatic carbocycles. The quantitative estimate of drug-likeness (QED) is 0.0272. The Morgan fingerprint density at radius 3 is 1.53 bits per heavy atom. The number of nitrogens with two attached hydrogens (primary N) is 1. The summed E-state index contributed by atoms with van der Waals surface area (Å²) in [6.45, 7) is 3.55. The van der Waals surface area contributed by atoms with Crippen LogP contribution in [0.1, 0.15) is 168 Å². The molecule has 0 aromatic carbocycles. The Bertz CT molecular complexity index is 1050. The van der Waals surface area contributed by atoms with Crippen LogP contribution in [0.25, 0.3) is 0 Å². The predicted octanol–water partition coefficient (Wildman–Crippen LogP) is 11.7. The number of phosphoric acid groups is 1. The molecule has 53 heavy (non-hydrogen) atoms. The van der Waals surface area contributed by atoms with Gasteiger partial charge in [-0.1, -0.05) is 164 Å². The summed E-state index contributed by atoms with van der Waals surface area (Å²) in [7, 11) is -4.39. The summed E-state index contributed by atoms with van der Waals surface area (Å²) in [5.74, 6) is -0.897. The summed E-state index contributed by atoms with van der Waals surface area (Å²) in [6.07, 6.45) is 45.4. The molecule has 9 nitrogen and oxygen atoms in total. The fourth-order valence-electron chi connectivity index (χ4n) is 5.38. The van der Waals surface area contributed by atoms with Crippen LogP contribution in [0.5, 0.6) is 0 Å². The number of rotatable bonds is 38. The topological polar surface area (TPSA) is 134 Å². The predicted molar refractivity (Wildman–Crippen MR) is 219 cm³/mol. The molecule has 3 N–H and O–H groups in total. The van der Waals surface area contributed by atoms with Crippen LogP contribution < -0.4 is 5.73 Å². The second-order valence-electron chi connectivity index (χ2n) is 13.5. The van der Waals surface area contributed by atoms with Gasteiger partial charge in [-0.2, -0.15) is 0 Å². The van der Waals surface area contributed by atoms with Gasteiger partial charge in [0.2, 0.25) is 0 Å². The van der Waals surface area contributed by atoms with Crippen molar-refractivity contribution in [1.29, 1.82) is 0 Å². The van der Waals surface area contributed by atoms with E-state index in [0.717, 1.165) is 51.4 Å². The molecule has 0 amide bonds. The minimum atomic E-state index is -4.39. The third kappa shape index (κ3) is 39.2. The molecular weight excluding hydrogens is 689 g/mol. The van der Waals surface area contributed by atoms with Crippen LogP contribution in [-0.4, -0.2) is 49.3 Å². The van der Waals surface area contributed by atoms with Crippen molar-refractivity contribution in [3.8, 4) is 0 Å². The number of unbranched alkanes of at least 4 members (excludes halogenated alkanes) is 15. The SMILES string of the molecule is CC/C=C\C/C=C\C/C=C\C/C=C\C/C=C\CCCC(=O)OC(COC(=O)CCCCCCCCCCCCCCCCC)COP(=O)(O)OCCN. The van der Waals surface area contributed by atoms with Gasteiger partial charge in [0.15, 0.2) is 6.10 Å². The first kappa shape index (κ1) is 50.7. The van der Waals surface area contributed by atoms with Crippen molar-refractivity contribution in [3.63, 3.8) is 0 Å². The Balaban J connectivity index is 4.28. The highest BCUT2D eigenvalue weighted by atomic mass is 31.2. The second kappa shape index (κ2) is 39.4. The Morgan fingerprint density at radius 2 is 1.04 bits per heavy atom. The van der Waals surface area contributed by atoms with Gasteiger partial charge < -0.3 is 20.1 Å². The van der Waals surface area contributed by atoms with E-state index in [0.29, 0.717) is 12.8 Å². The minimum absolute atomic E-state index is 0.0428. The van der Waals surface area contributed by atoms with E-state index in [1.165, 1.54) is 77.0 Å². The maximum Gasteiger partial charge on any atom is 0.472 e. The Hall–Kier alpha value is -2.29. The first-order valence-electron chi connectivity index (χ1n) is 20.8. The summed E-state index contributed by atoms with van der Waals surface area (Å²) in [4.78, 5) is 34.8. The summed E-state index contributed by atoms with van der Waals surface area (Å²) >= 11 is 0. The molecule has 0 aromatic heterocycles. The van der Waals surface area contributed by atoms with Crippen molar-refractivity contribution in [2.45, 2.75) is 174 Å². The fraction of sp³-hybridized carbons (Fsp3) is 0.721. The lowest BCUT2D eigenvalue weighted by atomic mass is 10.0. The summed E-state index contributed by atoms with van der Waals surface area (Å²) in [5, 5.41) is 0. The molecule has 0 aliphatic rings. The maximum atomic E-state index is 12.5. The number of carbonyl (C=O) groups is 2. The standard InChI is InChI=1S/C43H76NO8P/c1-3-5-7-9-11-13-15-17-19-20-22-24-26-28-30-32-34-36-43(46)52-41(40-51-53(47,48)50-38-37-44)39-49-42(45)35-33-31-29-27-25-23-21-18-16-14-12-10-8-6-4-2/h5,7,11,13,17,19,22,24,28,30,41H,3-4,6,8-10,12,14-16,18,20-21,23,25-27,29,31-40,44H2,1-2H3,(H,47,48)/b7-5-,13-11-,19-17-,24-22-,30-28-. The lowest BCUT2D eigenvalue weighted by Gasteiger charge is -2.19. The smallest absolute Gasteiger partial charge is 0.462 e. The zero-order valence-electron chi connectivity index (χ0n) is 33.5. The van der Waals surface area contributed by atoms with Crippen LogP contribution in [0.3, 0.4) is 0 Å². The lowest BCUT2D eigenvalue weighted by Crippen LogP contribution is -2.29. The molecule has 0 saturated heterocycles. The number of hydrogen-bond acceptors (Lipinski definition) is 8. The van der Waals surface area contributed by atoms with Crippen LogP contribution >= 0.6 is 7.82 Å². The summed E-state index contributed by atoms with van der Waals surface area (Å²) < 4.78 is 32.7. The lowest BCUT2D eigenvalue weighted by molar-refractivity contribution is -0.161. The number of esters is 2. The Labute approximate surface area is 323 Å². The molecule has 10 heteroatoms.